The van der Waals surface area contributed by atoms with Crippen LogP contribution in [0.2, 0.25) is 0 Å². The summed E-state index contributed by atoms with van der Waals surface area (Å²) in [4.78, 5) is 29.1. The van der Waals surface area contributed by atoms with E-state index in [0.717, 1.165) is 51.6 Å². The summed E-state index contributed by atoms with van der Waals surface area (Å²) in [6, 6.07) is 0.382. The summed E-state index contributed by atoms with van der Waals surface area (Å²) in [5.74, 6) is -0.238. The third kappa shape index (κ3) is 7.33. The molecule has 3 amide bonds. The number of amides is 3. The molecular formula is C21H40N4O3. The predicted molar refractivity (Wildman–Crippen MR) is 111 cm³/mol. The molecule has 2 fully saturated rings. The molecular weight excluding hydrogens is 356 g/mol. The van der Waals surface area contributed by atoms with Crippen LogP contribution in [0.5, 0.6) is 0 Å². The van der Waals surface area contributed by atoms with Crippen LogP contribution in [0.4, 0.5) is 4.79 Å². The predicted octanol–water partition coefficient (Wildman–Crippen LogP) is 2.09. The van der Waals surface area contributed by atoms with Crippen molar-refractivity contribution in [2.75, 3.05) is 26.2 Å². The maximum absolute atomic E-state index is 12.5. The van der Waals surface area contributed by atoms with E-state index in [2.05, 4.69) is 34.3 Å². The number of nitrogens with zero attached hydrogens (tertiary/aromatic N) is 2. The standard InChI is InChI=1S/C21H40N4O3/c1-5-17-13-25(15-21(3,4)28)18(6-2)12-24(17)14-19(26)23-20(27)22-16-10-8-7-9-11-16/h16-18,28H,5-15H2,1-4H3,(H2,22,23,26,27)/t17-,18+/m1/s1. The average Bonchev–Trinajstić information content (AvgIpc) is 2.61. The van der Waals surface area contributed by atoms with Crippen LogP contribution < -0.4 is 10.6 Å². The van der Waals surface area contributed by atoms with Crippen LogP contribution in [0.25, 0.3) is 0 Å². The SMILES string of the molecule is CC[C@@H]1CN(CC(C)(C)O)[C@@H](CC)CN1CC(=O)NC(=O)NC1CCCCC1. The van der Waals surface area contributed by atoms with Gasteiger partial charge in [0.25, 0.3) is 0 Å². The first-order valence-corrected chi connectivity index (χ1v) is 11.0. The van der Waals surface area contributed by atoms with Crippen molar-refractivity contribution in [3.63, 3.8) is 0 Å². The van der Waals surface area contributed by atoms with Gasteiger partial charge >= 0.3 is 6.03 Å². The second-order valence-electron chi connectivity index (χ2n) is 9.15. The molecule has 0 aromatic carbocycles. The van der Waals surface area contributed by atoms with Crippen LogP contribution in [0, 0.1) is 0 Å². The maximum atomic E-state index is 12.5. The van der Waals surface area contributed by atoms with Gasteiger partial charge in [-0.3, -0.25) is 19.9 Å². The normalized spacial score (nSPS) is 25.5. The Balaban J connectivity index is 1.87. The molecule has 1 heterocycles. The molecule has 0 aromatic rings. The Bertz CT molecular complexity index is 514. The van der Waals surface area contributed by atoms with Gasteiger partial charge in [0.1, 0.15) is 0 Å². The monoisotopic (exact) mass is 396 g/mol. The number of carbonyl (C=O) groups excluding carboxylic acids is 2. The van der Waals surface area contributed by atoms with E-state index in [1.54, 1.807) is 0 Å². The first kappa shape index (κ1) is 23.1. The van der Waals surface area contributed by atoms with Crippen molar-refractivity contribution < 1.29 is 14.7 Å². The fourth-order valence-electron chi connectivity index (χ4n) is 4.55. The molecule has 1 saturated carbocycles. The number of hydrogen-bond donors (Lipinski definition) is 3. The van der Waals surface area contributed by atoms with Crippen LogP contribution in [-0.2, 0) is 4.79 Å². The Labute approximate surface area is 170 Å². The highest BCUT2D eigenvalue weighted by Gasteiger charge is 2.35. The molecule has 0 spiro atoms. The Morgan fingerprint density at radius 2 is 1.57 bits per heavy atom. The second kappa shape index (κ2) is 10.6. The molecule has 0 radical (unpaired) electrons. The Morgan fingerprint density at radius 3 is 2.14 bits per heavy atom. The molecule has 162 valence electrons. The van der Waals surface area contributed by atoms with Gasteiger partial charge in [0.2, 0.25) is 5.91 Å². The van der Waals surface area contributed by atoms with Gasteiger partial charge in [-0.1, -0.05) is 33.1 Å². The quantitative estimate of drug-likeness (QED) is 0.614. The van der Waals surface area contributed by atoms with Crippen molar-refractivity contribution in [1.82, 2.24) is 20.4 Å². The van der Waals surface area contributed by atoms with E-state index in [4.69, 9.17) is 0 Å². The zero-order valence-electron chi connectivity index (χ0n) is 18.2. The molecule has 0 aromatic heterocycles. The lowest BCUT2D eigenvalue weighted by atomic mass is 9.96. The highest BCUT2D eigenvalue weighted by Crippen LogP contribution is 2.22. The topological polar surface area (TPSA) is 84.9 Å². The molecule has 2 atom stereocenters. The van der Waals surface area contributed by atoms with Gasteiger partial charge < -0.3 is 10.4 Å². The molecule has 1 saturated heterocycles. The van der Waals surface area contributed by atoms with Crippen molar-refractivity contribution in [2.24, 2.45) is 0 Å². The van der Waals surface area contributed by atoms with E-state index in [9.17, 15) is 14.7 Å². The molecule has 3 N–H and O–H groups in total. The molecule has 2 aliphatic rings. The zero-order chi connectivity index (χ0) is 20.7. The largest absolute Gasteiger partial charge is 0.389 e. The summed E-state index contributed by atoms with van der Waals surface area (Å²) < 4.78 is 0. The van der Waals surface area contributed by atoms with Gasteiger partial charge in [-0.25, -0.2) is 4.79 Å². The Kier molecular flexibility index (Phi) is 8.71. The fraction of sp³-hybridized carbons (Fsp3) is 0.905. The third-order valence-corrected chi connectivity index (χ3v) is 6.00. The van der Waals surface area contributed by atoms with Crippen molar-refractivity contribution in [1.29, 1.82) is 0 Å². The number of β-amino-alcohol motifs (C(OH)–C–C–N with tert-alkyl or cyclic N) is 1. The number of rotatable bonds is 7. The van der Waals surface area contributed by atoms with E-state index in [-0.39, 0.29) is 30.6 Å². The molecule has 28 heavy (non-hydrogen) atoms. The second-order valence-corrected chi connectivity index (χ2v) is 9.15. The Hall–Kier alpha value is -1.18. The van der Waals surface area contributed by atoms with Crippen LogP contribution in [0.15, 0.2) is 0 Å². The average molecular weight is 397 g/mol. The van der Waals surface area contributed by atoms with Crippen molar-refractivity contribution >= 4 is 11.9 Å². The lowest BCUT2D eigenvalue weighted by molar-refractivity contribution is -0.123. The minimum atomic E-state index is -0.734. The number of imide groups is 1. The van der Waals surface area contributed by atoms with E-state index in [0.29, 0.717) is 12.6 Å². The lowest BCUT2D eigenvalue weighted by Crippen LogP contribution is -2.61. The fourth-order valence-corrected chi connectivity index (χ4v) is 4.55. The van der Waals surface area contributed by atoms with E-state index >= 15 is 0 Å². The summed E-state index contributed by atoms with van der Waals surface area (Å²) in [6.07, 6.45) is 7.42. The van der Waals surface area contributed by atoms with Crippen molar-refractivity contribution in [2.45, 2.75) is 96.4 Å². The van der Waals surface area contributed by atoms with Crippen LogP contribution >= 0.6 is 0 Å². The maximum Gasteiger partial charge on any atom is 0.321 e. The van der Waals surface area contributed by atoms with Crippen molar-refractivity contribution in [3.05, 3.63) is 0 Å². The minimum absolute atomic E-state index is 0.194. The van der Waals surface area contributed by atoms with E-state index < -0.39 is 5.60 Å². The molecule has 7 heteroatoms. The molecule has 1 aliphatic carbocycles. The molecule has 1 aliphatic heterocycles. The van der Waals surface area contributed by atoms with E-state index in [1.165, 1.54) is 6.42 Å². The highest BCUT2D eigenvalue weighted by atomic mass is 16.3. The summed E-state index contributed by atoms with van der Waals surface area (Å²) in [6.45, 7) is 10.4. The number of urea groups is 1. The zero-order valence-corrected chi connectivity index (χ0v) is 18.2. The van der Waals surface area contributed by atoms with Gasteiger partial charge in [-0.15, -0.1) is 0 Å². The Morgan fingerprint density at radius 1 is 1.00 bits per heavy atom. The lowest BCUT2D eigenvalue weighted by Gasteiger charge is -2.47. The van der Waals surface area contributed by atoms with Gasteiger partial charge in [0.05, 0.1) is 12.1 Å². The number of aliphatic hydroxyl groups is 1. The molecule has 2 rings (SSSR count). The van der Waals surface area contributed by atoms with Crippen molar-refractivity contribution in [3.8, 4) is 0 Å². The summed E-state index contributed by atoms with van der Waals surface area (Å²) in [7, 11) is 0. The third-order valence-electron chi connectivity index (χ3n) is 6.00. The first-order valence-electron chi connectivity index (χ1n) is 11.0. The number of hydrogen-bond acceptors (Lipinski definition) is 5. The van der Waals surface area contributed by atoms with Crippen LogP contribution in [0.1, 0.15) is 72.6 Å². The number of carbonyl (C=O) groups is 2. The first-order chi connectivity index (χ1) is 13.2. The molecule has 7 nitrogen and oxygen atoms in total. The van der Waals surface area contributed by atoms with Crippen LogP contribution in [0.3, 0.4) is 0 Å². The molecule has 0 unspecified atom stereocenters. The van der Waals surface area contributed by atoms with E-state index in [1.807, 2.05) is 13.8 Å². The summed E-state index contributed by atoms with van der Waals surface area (Å²) in [5.41, 5.74) is -0.734. The smallest absolute Gasteiger partial charge is 0.321 e. The summed E-state index contributed by atoms with van der Waals surface area (Å²) in [5, 5.41) is 15.7. The minimum Gasteiger partial charge on any atom is -0.389 e. The number of piperazine rings is 1. The van der Waals surface area contributed by atoms with Crippen LogP contribution in [-0.4, -0.2) is 76.8 Å². The van der Waals surface area contributed by atoms with Gasteiger partial charge in [-0.2, -0.15) is 0 Å². The molecule has 0 bridgehead atoms. The van der Waals surface area contributed by atoms with Gasteiger partial charge in [0, 0.05) is 37.8 Å². The number of nitrogens with one attached hydrogen (secondary N) is 2. The summed E-state index contributed by atoms with van der Waals surface area (Å²) >= 11 is 0. The van der Waals surface area contributed by atoms with Gasteiger partial charge in [0.15, 0.2) is 0 Å². The highest BCUT2D eigenvalue weighted by molar-refractivity contribution is 5.95. The van der Waals surface area contributed by atoms with Gasteiger partial charge in [-0.05, 0) is 39.5 Å².